The summed E-state index contributed by atoms with van der Waals surface area (Å²) in [5.41, 5.74) is 4.05. The van der Waals surface area contributed by atoms with Gasteiger partial charge in [0.05, 0.1) is 0 Å². The third-order valence-corrected chi connectivity index (χ3v) is 7.34. The van der Waals surface area contributed by atoms with Crippen molar-refractivity contribution in [2.45, 2.75) is 70.5 Å². The number of nitrogens with zero attached hydrogens (tertiary/aromatic N) is 2. The molecule has 0 amide bonds. The van der Waals surface area contributed by atoms with Gasteiger partial charge >= 0.3 is 0 Å². The molecule has 2 heteroatoms. The van der Waals surface area contributed by atoms with E-state index in [-0.39, 0.29) is 5.66 Å². The minimum atomic E-state index is -0.139. The van der Waals surface area contributed by atoms with Crippen molar-refractivity contribution in [2.24, 2.45) is 0 Å². The predicted octanol–water partition coefficient (Wildman–Crippen LogP) is 7.99. The van der Waals surface area contributed by atoms with Gasteiger partial charge in [0, 0.05) is 37.8 Å². The molecule has 1 aliphatic heterocycles. The largest absolute Gasteiger partial charge is 0.353 e. The summed E-state index contributed by atoms with van der Waals surface area (Å²) >= 11 is 0. The highest BCUT2D eigenvalue weighted by Crippen LogP contribution is 2.45. The third-order valence-electron chi connectivity index (χ3n) is 7.34. The zero-order chi connectivity index (χ0) is 23.6. The van der Waals surface area contributed by atoms with E-state index in [0.29, 0.717) is 5.92 Å². The van der Waals surface area contributed by atoms with E-state index in [1.54, 1.807) is 0 Å². The molecular weight excluding hydrogens is 412 g/mol. The van der Waals surface area contributed by atoms with Gasteiger partial charge in [0.1, 0.15) is 5.66 Å². The second kappa shape index (κ2) is 11.9. The van der Waals surface area contributed by atoms with Crippen LogP contribution in [0.2, 0.25) is 0 Å². The Morgan fingerprint density at radius 2 is 1.24 bits per heavy atom. The molecule has 2 unspecified atom stereocenters. The van der Waals surface area contributed by atoms with Crippen LogP contribution in [-0.4, -0.2) is 22.0 Å². The normalized spacial score (nSPS) is 18.4. The van der Waals surface area contributed by atoms with Crippen LogP contribution in [0, 0.1) is 0 Å². The minimum absolute atomic E-state index is 0.139. The Bertz CT molecular complexity index is 999. The van der Waals surface area contributed by atoms with Gasteiger partial charge in [-0.3, -0.25) is 0 Å². The zero-order valence-electron chi connectivity index (χ0n) is 20.9. The molecule has 2 nitrogen and oxygen atoms in total. The van der Waals surface area contributed by atoms with Crippen molar-refractivity contribution in [3.05, 3.63) is 120 Å². The van der Waals surface area contributed by atoms with Gasteiger partial charge in [0.15, 0.2) is 0 Å². The molecule has 1 aliphatic rings. The fourth-order valence-corrected chi connectivity index (χ4v) is 5.67. The quantitative estimate of drug-likeness (QED) is 0.257. The lowest BCUT2D eigenvalue weighted by Crippen LogP contribution is -2.59. The summed E-state index contributed by atoms with van der Waals surface area (Å²) in [5.74, 6) is 0.388. The summed E-state index contributed by atoms with van der Waals surface area (Å²) in [6.07, 6.45) is 11.9. The van der Waals surface area contributed by atoms with Crippen LogP contribution >= 0.6 is 0 Å². The average molecular weight is 453 g/mol. The van der Waals surface area contributed by atoms with E-state index in [1.165, 1.54) is 42.4 Å². The van der Waals surface area contributed by atoms with Gasteiger partial charge in [-0.15, -0.1) is 0 Å². The lowest BCUT2D eigenvalue weighted by Gasteiger charge is -2.51. The molecule has 1 heterocycles. The van der Waals surface area contributed by atoms with Crippen molar-refractivity contribution in [3.8, 4) is 0 Å². The summed E-state index contributed by atoms with van der Waals surface area (Å²) in [6.45, 7) is 6.66. The summed E-state index contributed by atoms with van der Waals surface area (Å²) in [4.78, 5) is 5.32. The van der Waals surface area contributed by atoms with E-state index >= 15 is 0 Å². The van der Waals surface area contributed by atoms with Crippen molar-refractivity contribution in [3.63, 3.8) is 0 Å². The Hall–Kier alpha value is -3.00. The maximum atomic E-state index is 2.68. The van der Waals surface area contributed by atoms with Gasteiger partial charge in [-0.1, -0.05) is 124 Å². The minimum Gasteiger partial charge on any atom is -0.353 e. The van der Waals surface area contributed by atoms with Gasteiger partial charge in [-0.25, -0.2) is 0 Å². The maximum absolute atomic E-state index is 2.68. The Labute approximate surface area is 206 Å². The first-order valence-corrected chi connectivity index (χ1v) is 13.1. The second-order valence-corrected chi connectivity index (χ2v) is 9.58. The van der Waals surface area contributed by atoms with Gasteiger partial charge in [0.25, 0.3) is 0 Å². The molecule has 0 saturated carbocycles. The van der Waals surface area contributed by atoms with Gasteiger partial charge in [-0.2, -0.15) is 0 Å². The molecule has 3 aromatic carbocycles. The Morgan fingerprint density at radius 1 is 0.647 bits per heavy atom. The summed E-state index contributed by atoms with van der Waals surface area (Å²) in [7, 11) is 0. The van der Waals surface area contributed by atoms with Crippen LogP contribution in [0.15, 0.2) is 103 Å². The molecule has 0 fully saturated rings. The van der Waals surface area contributed by atoms with Gasteiger partial charge in [0.2, 0.25) is 0 Å². The standard InChI is InChI=1S/C32H40N2/c1-3-5-6-16-23-33-24-25-34(27-29-19-12-8-13-20-29)32(33,26-28-17-10-7-11-18-28)31(4-2)30-21-14-9-15-22-30/h7-15,17-22,24-25,31H,3-6,16,23,26-27H2,1-2H3. The first-order valence-electron chi connectivity index (χ1n) is 13.1. The number of unbranched alkanes of at least 4 members (excludes halogenated alkanes) is 3. The van der Waals surface area contributed by atoms with Crippen LogP contribution in [-0.2, 0) is 13.0 Å². The molecule has 0 N–H and O–H groups in total. The summed E-state index contributed by atoms with van der Waals surface area (Å²) in [5, 5.41) is 0. The smallest absolute Gasteiger partial charge is 0.123 e. The second-order valence-electron chi connectivity index (χ2n) is 9.58. The Morgan fingerprint density at radius 3 is 1.85 bits per heavy atom. The number of hydrogen-bond acceptors (Lipinski definition) is 2. The van der Waals surface area contributed by atoms with E-state index in [2.05, 4.69) is 127 Å². The SMILES string of the molecule is CCCCCCN1C=CN(Cc2ccccc2)C1(Cc1ccccc1)C(CC)c1ccccc1. The highest BCUT2D eigenvalue weighted by molar-refractivity contribution is 5.31. The predicted molar refractivity (Wildman–Crippen MR) is 144 cm³/mol. The molecule has 2 atom stereocenters. The van der Waals surface area contributed by atoms with E-state index < -0.39 is 0 Å². The fourth-order valence-electron chi connectivity index (χ4n) is 5.67. The number of benzene rings is 3. The monoisotopic (exact) mass is 452 g/mol. The Kier molecular flexibility index (Phi) is 8.46. The maximum Gasteiger partial charge on any atom is 0.123 e. The lowest BCUT2D eigenvalue weighted by molar-refractivity contribution is -0.00766. The molecule has 178 valence electrons. The molecule has 0 saturated heterocycles. The Balaban J connectivity index is 1.78. The molecule has 0 aliphatic carbocycles. The number of hydrogen-bond donors (Lipinski definition) is 0. The van der Waals surface area contributed by atoms with Crippen LogP contribution in [0.4, 0.5) is 0 Å². The van der Waals surface area contributed by atoms with E-state index in [1.807, 2.05) is 0 Å². The highest BCUT2D eigenvalue weighted by Gasteiger charge is 2.49. The molecule has 34 heavy (non-hydrogen) atoms. The zero-order valence-corrected chi connectivity index (χ0v) is 20.9. The lowest BCUT2D eigenvalue weighted by atomic mass is 9.78. The van der Waals surface area contributed by atoms with Crippen molar-refractivity contribution in [1.82, 2.24) is 9.80 Å². The average Bonchev–Trinajstić information content (AvgIpc) is 3.21. The summed E-state index contributed by atoms with van der Waals surface area (Å²) < 4.78 is 0. The van der Waals surface area contributed by atoms with Gasteiger partial charge < -0.3 is 9.80 Å². The topological polar surface area (TPSA) is 6.48 Å². The van der Waals surface area contributed by atoms with E-state index in [0.717, 1.165) is 25.9 Å². The van der Waals surface area contributed by atoms with Crippen LogP contribution in [0.25, 0.3) is 0 Å². The van der Waals surface area contributed by atoms with Crippen molar-refractivity contribution < 1.29 is 0 Å². The van der Waals surface area contributed by atoms with Crippen LogP contribution < -0.4 is 0 Å². The van der Waals surface area contributed by atoms with E-state index in [9.17, 15) is 0 Å². The fraction of sp³-hybridized carbons (Fsp3) is 0.375. The van der Waals surface area contributed by atoms with Gasteiger partial charge in [-0.05, 0) is 29.5 Å². The molecule has 0 spiro atoms. The molecule has 0 radical (unpaired) electrons. The first-order chi connectivity index (χ1) is 16.8. The first kappa shape index (κ1) is 24.1. The molecule has 0 aromatic heterocycles. The van der Waals surface area contributed by atoms with Crippen LogP contribution in [0.3, 0.4) is 0 Å². The molecule has 3 aromatic rings. The van der Waals surface area contributed by atoms with Crippen molar-refractivity contribution in [2.75, 3.05) is 6.54 Å². The van der Waals surface area contributed by atoms with Crippen molar-refractivity contribution >= 4 is 0 Å². The van der Waals surface area contributed by atoms with E-state index in [4.69, 9.17) is 0 Å². The summed E-state index contributed by atoms with van der Waals surface area (Å²) in [6, 6.07) is 33.2. The molecule has 0 bridgehead atoms. The van der Waals surface area contributed by atoms with Crippen molar-refractivity contribution in [1.29, 1.82) is 0 Å². The third kappa shape index (κ3) is 5.38. The molecular formula is C32H40N2. The van der Waals surface area contributed by atoms with Crippen LogP contribution in [0.5, 0.6) is 0 Å². The number of rotatable bonds is 12. The highest BCUT2D eigenvalue weighted by atomic mass is 15.4. The van der Waals surface area contributed by atoms with Crippen LogP contribution in [0.1, 0.15) is 68.6 Å². The molecule has 4 rings (SSSR count).